The normalized spacial score (nSPS) is 14.0. The molecule has 0 spiro atoms. The predicted octanol–water partition coefficient (Wildman–Crippen LogP) is 1.36. The van der Waals surface area contributed by atoms with Crippen LogP contribution in [0.3, 0.4) is 0 Å². The Morgan fingerprint density at radius 3 is 2.61 bits per heavy atom. The summed E-state index contributed by atoms with van der Waals surface area (Å²) in [6.07, 6.45) is 0. The molecule has 1 heterocycles. The Morgan fingerprint density at radius 2 is 1.94 bits per heavy atom. The lowest BCUT2D eigenvalue weighted by molar-refractivity contribution is 0.0603. The van der Waals surface area contributed by atoms with Gasteiger partial charge in [0.1, 0.15) is 0 Å². The van der Waals surface area contributed by atoms with Gasteiger partial charge in [0.05, 0.1) is 24.3 Å². The van der Waals surface area contributed by atoms with Gasteiger partial charge >= 0.3 is 0 Å². The number of hydrogen-bond acceptors (Lipinski definition) is 4. The van der Waals surface area contributed by atoms with Crippen molar-refractivity contribution < 1.29 is 14.3 Å². The Labute approximate surface area is 106 Å². The number of nitrogens with zero attached hydrogens (tertiary/aromatic N) is 1. The summed E-state index contributed by atoms with van der Waals surface area (Å²) in [6.45, 7) is 3.39. The fraction of sp³-hybridized carbons (Fsp3) is 0.385. The second kappa shape index (κ2) is 5.18. The molecule has 1 N–H and O–H groups in total. The average Bonchev–Trinajstić information content (AvgIpc) is 2.60. The van der Waals surface area contributed by atoms with Crippen molar-refractivity contribution >= 4 is 17.5 Å². The largest absolute Gasteiger partial charge is 0.385 e. The third kappa shape index (κ3) is 2.09. The molecule has 0 saturated heterocycles. The standard InChI is InChI=1S/C13H16N2O3/c1-3-14-9-4-5-10-11(8-9)13(17)15(12(10)16)6-7-18-2/h4-5,8,14H,3,6-7H2,1-2H3. The molecule has 1 aliphatic heterocycles. The van der Waals surface area contributed by atoms with E-state index in [-0.39, 0.29) is 11.8 Å². The number of carbonyl (C=O) groups is 2. The molecule has 5 heteroatoms. The maximum atomic E-state index is 12.1. The van der Waals surface area contributed by atoms with E-state index in [9.17, 15) is 9.59 Å². The summed E-state index contributed by atoms with van der Waals surface area (Å²) >= 11 is 0. The van der Waals surface area contributed by atoms with Crippen molar-refractivity contribution in [3.05, 3.63) is 29.3 Å². The van der Waals surface area contributed by atoms with Crippen LogP contribution >= 0.6 is 0 Å². The molecular weight excluding hydrogens is 232 g/mol. The molecule has 2 amide bonds. The zero-order chi connectivity index (χ0) is 13.1. The average molecular weight is 248 g/mol. The SMILES string of the molecule is CCNc1ccc2c(c1)C(=O)N(CCOC)C2=O. The van der Waals surface area contributed by atoms with Crippen molar-refractivity contribution in [2.75, 3.05) is 32.1 Å². The molecule has 0 radical (unpaired) electrons. The van der Waals surface area contributed by atoms with Crippen LogP contribution in [-0.2, 0) is 4.74 Å². The Morgan fingerprint density at radius 1 is 1.22 bits per heavy atom. The van der Waals surface area contributed by atoms with Gasteiger partial charge in [-0.05, 0) is 25.1 Å². The summed E-state index contributed by atoms with van der Waals surface area (Å²) in [7, 11) is 1.54. The third-order valence-electron chi connectivity index (χ3n) is 2.87. The van der Waals surface area contributed by atoms with Crippen LogP contribution in [0.25, 0.3) is 0 Å². The van der Waals surface area contributed by atoms with Crippen molar-refractivity contribution in [3.63, 3.8) is 0 Å². The van der Waals surface area contributed by atoms with Crippen LogP contribution < -0.4 is 5.32 Å². The monoisotopic (exact) mass is 248 g/mol. The van der Waals surface area contributed by atoms with Gasteiger partial charge in [0.25, 0.3) is 11.8 Å². The zero-order valence-electron chi connectivity index (χ0n) is 10.5. The van der Waals surface area contributed by atoms with Gasteiger partial charge in [0, 0.05) is 19.3 Å². The number of carbonyl (C=O) groups excluding carboxylic acids is 2. The smallest absolute Gasteiger partial charge is 0.261 e. The van der Waals surface area contributed by atoms with E-state index in [1.165, 1.54) is 4.90 Å². The molecule has 5 nitrogen and oxygen atoms in total. The van der Waals surface area contributed by atoms with Gasteiger partial charge in [-0.3, -0.25) is 14.5 Å². The summed E-state index contributed by atoms with van der Waals surface area (Å²) < 4.78 is 4.90. The first kappa shape index (κ1) is 12.6. The maximum Gasteiger partial charge on any atom is 0.261 e. The molecule has 0 fully saturated rings. The van der Waals surface area contributed by atoms with Crippen molar-refractivity contribution in [1.82, 2.24) is 4.90 Å². The van der Waals surface area contributed by atoms with Gasteiger partial charge in [-0.2, -0.15) is 0 Å². The van der Waals surface area contributed by atoms with Gasteiger partial charge in [-0.1, -0.05) is 0 Å². The number of rotatable bonds is 5. The Hall–Kier alpha value is -1.88. The first-order chi connectivity index (χ1) is 8.69. The number of anilines is 1. The van der Waals surface area contributed by atoms with Gasteiger partial charge in [0.2, 0.25) is 0 Å². The van der Waals surface area contributed by atoms with Crippen molar-refractivity contribution in [2.24, 2.45) is 0 Å². The molecule has 1 aromatic rings. The highest BCUT2D eigenvalue weighted by molar-refractivity contribution is 6.21. The summed E-state index contributed by atoms with van der Waals surface area (Å²) in [4.78, 5) is 25.3. The van der Waals surface area contributed by atoms with E-state index in [1.807, 2.05) is 13.0 Å². The zero-order valence-corrected chi connectivity index (χ0v) is 10.5. The van der Waals surface area contributed by atoms with Crippen LogP contribution in [0.4, 0.5) is 5.69 Å². The highest BCUT2D eigenvalue weighted by Crippen LogP contribution is 2.25. The van der Waals surface area contributed by atoms with Crippen molar-refractivity contribution in [2.45, 2.75) is 6.92 Å². The summed E-state index contributed by atoms with van der Waals surface area (Å²) in [5.41, 5.74) is 1.79. The molecule has 1 aliphatic rings. The molecule has 96 valence electrons. The third-order valence-corrected chi connectivity index (χ3v) is 2.87. The number of amides is 2. The fourth-order valence-corrected chi connectivity index (χ4v) is 1.99. The van der Waals surface area contributed by atoms with Crippen LogP contribution in [-0.4, -0.2) is 43.5 Å². The van der Waals surface area contributed by atoms with E-state index >= 15 is 0 Å². The molecule has 0 aliphatic carbocycles. The summed E-state index contributed by atoms with van der Waals surface area (Å²) in [5, 5.41) is 3.12. The number of methoxy groups -OCH3 is 1. The lowest BCUT2D eigenvalue weighted by Crippen LogP contribution is -2.32. The molecule has 2 rings (SSSR count). The quantitative estimate of drug-likeness (QED) is 0.799. The molecule has 0 aromatic heterocycles. The van der Waals surface area contributed by atoms with Crippen LogP contribution in [0.5, 0.6) is 0 Å². The van der Waals surface area contributed by atoms with Gasteiger partial charge in [-0.25, -0.2) is 0 Å². The summed E-state index contributed by atoms with van der Waals surface area (Å²) in [6, 6.07) is 5.24. The second-order valence-electron chi connectivity index (χ2n) is 4.05. The number of benzene rings is 1. The maximum absolute atomic E-state index is 12.1. The molecule has 0 bridgehead atoms. The minimum atomic E-state index is -0.244. The van der Waals surface area contributed by atoms with Crippen LogP contribution in [0.1, 0.15) is 27.6 Å². The minimum absolute atomic E-state index is 0.241. The fourth-order valence-electron chi connectivity index (χ4n) is 1.99. The van der Waals surface area contributed by atoms with E-state index in [0.717, 1.165) is 12.2 Å². The highest BCUT2D eigenvalue weighted by Gasteiger charge is 2.35. The Kier molecular flexibility index (Phi) is 3.62. The van der Waals surface area contributed by atoms with Gasteiger partial charge < -0.3 is 10.1 Å². The van der Waals surface area contributed by atoms with Gasteiger partial charge in [-0.15, -0.1) is 0 Å². The second-order valence-corrected chi connectivity index (χ2v) is 4.05. The highest BCUT2D eigenvalue weighted by atomic mass is 16.5. The van der Waals surface area contributed by atoms with E-state index in [4.69, 9.17) is 4.74 Å². The van der Waals surface area contributed by atoms with Crippen LogP contribution in [0.15, 0.2) is 18.2 Å². The molecule has 0 atom stereocenters. The molecule has 0 saturated carbocycles. The Bertz CT molecular complexity index is 485. The number of hydrogen-bond donors (Lipinski definition) is 1. The minimum Gasteiger partial charge on any atom is -0.385 e. The number of ether oxygens (including phenoxy) is 1. The Balaban J connectivity index is 2.27. The molecular formula is C13H16N2O3. The lowest BCUT2D eigenvalue weighted by Gasteiger charge is -2.12. The first-order valence-corrected chi connectivity index (χ1v) is 5.92. The molecule has 18 heavy (non-hydrogen) atoms. The lowest BCUT2D eigenvalue weighted by atomic mass is 10.1. The number of fused-ring (bicyclic) bond motifs is 1. The van der Waals surface area contributed by atoms with E-state index in [2.05, 4.69) is 5.32 Å². The number of imide groups is 1. The van der Waals surface area contributed by atoms with Crippen LogP contribution in [0.2, 0.25) is 0 Å². The van der Waals surface area contributed by atoms with E-state index < -0.39 is 0 Å². The number of nitrogens with one attached hydrogen (secondary N) is 1. The first-order valence-electron chi connectivity index (χ1n) is 5.92. The predicted molar refractivity (Wildman–Crippen MR) is 67.8 cm³/mol. The van der Waals surface area contributed by atoms with Crippen LogP contribution in [0, 0.1) is 0 Å². The topological polar surface area (TPSA) is 58.6 Å². The molecule has 0 unspecified atom stereocenters. The van der Waals surface area contributed by atoms with Crippen molar-refractivity contribution in [1.29, 1.82) is 0 Å². The van der Waals surface area contributed by atoms with Crippen molar-refractivity contribution in [3.8, 4) is 0 Å². The van der Waals surface area contributed by atoms with E-state index in [1.54, 1.807) is 19.2 Å². The summed E-state index contributed by atoms with van der Waals surface area (Å²) in [5.74, 6) is -0.484. The van der Waals surface area contributed by atoms with Gasteiger partial charge in [0.15, 0.2) is 0 Å². The van der Waals surface area contributed by atoms with E-state index in [0.29, 0.717) is 24.3 Å². The molecule has 1 aromatic carbocycles.